The van der Waals surface area contributed by atoms with E-state index in [2.05, 4.69) is 18.6 Å². The van der Waals surface area contributed by atoms with E-state index in [4.69, 9.17) is 4.74 Å². The second kappa shape index (κ2) is 9.65. The summed E-state index contributed by atoms with van der Waals surface area (Å²) in [5, 5.41) is 0. The standard InChI is InChI=1S/C24H33NO4S/c1-8-29-24(26)19-11-9-10-12-22(19)25-30(27,28)23-20(16(4)5)13-18(15(2)3)14-21(23)17(6)7/h9-17,25H,8H2,1-7H3. The van der Waals surface area contributed by atoms with Crippen LogP contribution in [0.15, 0.2) is 41.3 Å². The third kappa shape index (κ3) is 5.22. The molecule has 0 aliphatic heterocycles. The molecule has 5 nitrogen and oxygen atoms in total. The third-order valence-corrected chi connectivity index (χ3v) is 6.51. The molecule has 0 spiro atoms. The smallest absolute Gasteiger partial charge is 0.340 e. The molecular formula is C24H33NO4S. The predicted octanol–water partition coefficient (Wildman–Crippen LogP) is 6.03. The number of esters is 1. The molecule has 2 rings (SSSR count). The molecular weight excluding hydrogens is 398 g/mol. The highest BCUT2D eigenvalue weighted by Crippen LogP contribution is 2.36. The van der Waals surface area contributed by atoms with E-state index in [1.807, 2.05) is 39.8 Å². The lowest BCUT2D eigenvalue weighted by atomic mass is 9.89. The zero-order chi connectivity index (χ0) is 22.6. The van der Waals surface area contributed by atoms with Gasteiger partial charge in [-0.1, -0.05) is 65.8 Å². The van der Waals surface area contributed by atoms with Crippen molar-refractivity contribution in [1.82, 2.24) is 0 Å². The second-order valence-corrected chi connectivity index (χ2v) is 9.98. The molecule has 0 bridgehead atoms. The van der Waals surface area contributed by atoms with Gasteiger partial charge in [0.1, 0.15) is 0 Å². The first-order valence-corrected chi connectivity index (χ1v) is 11.9. The Morgan fingerprint density at radius 1 is 0.933 bits per heavy atom. The van der Waals surface area contributed by atoms with Crippen LogP contribution in [0.2, 0.25) is 0 Å². The van der Waals surface area contributed by atoms with Gasteiger partial charge in [0.05, 0.1) is 22.8 Å². The quantitative estimate of drug-likeness (QED) is 0.518. The molecule has 0 atom stereocenters. The monoisotopic (exact) mass is 431 g/mol. The summed E-state index contributed by atoms with van der Waals surface area (Å²) in [4.78, 5) is 12.6. The van der Waals surface area contributed by atoms with Gasteiger partial charge in [0.2, 0.25) is 0 Å². The summed E-state index contributed by atoms with van der Waals surface area (Å²) in [7, 11) is -3.94. The minimum Gasteiger partial charge on any atom is -0.462 e. The number of para-hydroxylation sites is 1. The van der Waals surface area contributed by atoms with Crippen molar-refractivity contribution in [3.8, 4) is 0 Å². The number of benzene rings is 2. The third-order valence-electron chi connectivity index (χ3n) is 5.01. The number of rotatable bonds is 8. The van der Waals surface area contributed by atoms with Crippen molar-refractivity contribution in [3.05, 3.63) is 58.7 Å². The zero-order valence-electron chi connectivity index (χ0n) is 18.9. The van der Waals surface area contributed by atoms with E-state index in [1.54, 1.807) is 31.2 Å². The number of ether oxygens (including phenoxy) is 1. The van der Waals surface area contributed by atoms with E-state index in [0.29, 0.717) is 4.90 Å². The van der Waals surface area contributed by atoms with Gasteiger partial charge in [0.25, 0.3) is 10.0 Å². The number of carbonyl (C=O) groups is 1. The van der Waals surface area contributed by atoms with Crippen LogP contribution in [0, 0.1) is 0 Å². The fourth-order valence-corrected chi connectivity index (χ4v) is 5.13. The predicted molar refractivity (Wildman–Crippen MR) is 122 cm³/mol. The van der Waals surface area contributed by atoms with Crippen LogP contribution in [0.5, 0.6) is 0 Å². The lowest BCUT2D eigenvalue weighted by Gasteiger charge is -2.23. The van der Waals surface area contributed by atoms with E-state index >= 15 is 0 Å². The topological polar surface area (TPSA) is 72.5 Å². The fraction of sp³-hybridized carbons (Fsp3) is 0.458. The molecule has 1 N–H and O–H groups in total. The summed E-state index contributed by atoms with van der Waals surface area (Å²) >= 11 is 0. The van der Waals surface area contributed by atoms with Crippen LogP contribution in [0.3, 0.4) is 0 Å². The average molecular weight is 432 g/mol. The largest absolute Gasteiger partial charge is 0.462 e. The number of nitrogens with one attached hydrogen (secondary N) is 1. The number of sulfonamides is 1. The van der Waals surface area contributed by atoms with Gasteiger partial charge in [-0.25, -0.2) is 13.2 Å². The first-order valence-electron chi connectivity index (χ1n) is 10.5. The van der Waals surface area contributed by atoms with Crippen molar-refractivity contribution in [2.24, 2.45) is 0 Å². The number of hydrogen-bond acceptors (Lipinski definition) is 4. The van der Waals surface area contributed by atoms with Gasteiger partial charge < -0.3 is 4.74 Å². The Morgan fingerprint density at radius 3 is 1.93 bits per heavy atom. The summed E-state index contributed by atoms with van der Waals surface area (Å²) in [6.45, 7) is 14.1. The van der Waals surface area contributed by atoms with Crippen LogP contribution >= 0.6 is 0 Å². The Balaban J connectivity index is 2.68. The zero-order valence-corrected chi connectivity index (χ0v) is 19.8. The van der Waals surface area contributed by atoms with E-state index in [-0.39, 0.29) is 35.6 Å². The maximum absolute atomic E-state index is 13.6. The van der Waals surface area contributed by atoms with Crippen LogP contribution < -0.4 is 4.72 Å². The van der Waals surface area contributed by atoms with Gasteiger partial charge in [0.15, 0.2) is 0 Å². The minimum absolute atomic E-state index is 0.0214. The van der Waals surface area contributed by atoms with E-state index in [1.165, 1.54) is 0 Å². The minimum atomic E-state index is -3.94. The molecule has 2 aromatic rings. The Labute approximate surface area is 180 Å². The number of carbonyl (C=O) groups excluding carboxylic acids is 1. The molecule has 30 heavy (non-hydrogen) atoms. The Morgan fingerprint density at radius 2 is 1.47 bits per heavy atom. The van der Waals surface area contributed by atoms with E-state index < -0.39 is 16.0 Å². The molecule has 0 amide bonds. The molecule has 0 saturated heterocycles. The first kappa shape index (κ1) is 23.9. The molecule has 0 fully saturated rings. The van der Waals surface area contributed by atoms with E-state index in [0.717, 1.165) is 16.7 Å². The van der Waals surface area contributed by atoms with Gasteiger partial charge in [-0.05, 0) is 53.5 Å². The molecule has 164 valence electrons. The van der Waals surface area contributed by atoms with Gasteiger partial charge in [-0.2, -0.15) is 0 Å². The summed E-state index contributed by atoms with van der Waals surface area (Å²) < 4.78 is 34.9. The van der Waals surface area contributed by atoms with Crippen molar-refractivity contribution < 1.29 is 17.9 Å². The molecule has 0 saturated carbocycles. The van der Waals surface area contributed by atoms with Crippen molar-refractivity contribution in [3.63, 3.8) is 0 Å². The lowest BCUT2D eigenvalue weighted by molar-refractivity contribution is 0.0527. The van der Waals surface area contributed by atoms with Gasteiger partial charge in [0, 0.05) is 0 Å². The first-order chi connectivity index (χ1) is 14.0. The normalized spacial score (nSPS) is 11.9. The molecule has 0 unspecified atom stereocenters. The Hall–Kier alpha value is -2.34. The lowest BCUT2D eigenvalue weighted by Crippen LogP contribution is -2.21. The maximum Gasteiger partial charge on any atom is 0.340 e. The van der Waals surface area contributed by atoms with Gasteiger partial charge in [-0.15, -0.1) is 0 Å². The van der Waals surface area contributed by atoms with Crippen LogP contribution in [-0.4, -0.2) is 21.0 Å². The van der Waals surface area contributed by atoms with Crippen molar-refractivity contribution >= 4 is 21.7 Å². The van der Waals surface area contributed by atoms with Gasteiger partial charge in [-0.3, -0.25) is 4.72 Å². The van der Waals surface area contributed by atoms with Crippen molar-refractivity contribution in [2.45, 2.75) is 71.1 Å². The fourth-order valence-electron chi connectivity index (χ4n) is 3.35. The number of anilines is 1. The van der Waals surface area contributed by atoms with Crippen LogP contribution in [-0.2, 0) is 14.8 Å². The molecule has 2 aromatic carbocycles. The average Bonchev–Trinajstić information content (AvgIpc) is 2.66. The summed E-state index contributed by atoms with van der Waals surface area (Å²) in [6.07, 6.45) is 0. The summed E-state index contributed by atoms with van der Waals surface area (Å²) in [6, 6.07) is 10.5. The Bertz CT molecular complexity index is 979. The molecule has 0 aliphatic rings. The molecule has 0 aliphatic carbocycles. The van der Waals surface area contributed by atoms with Crippen molar-refractivity contribution in [2.75, 3.05) is 11.3 Å². The number of hydrogen-bond donors (Lipinski definition) is 1. The Kier molecular flexibility index (Phi) is 7.70. The van der Waals surface area contributed by atoms with Crippen LogP contribution in [0.1, 0.15) is 93.3 Å². The van der Waals surface area contributed by atoms with Gasteiger partial charge >= 0.3 is 5.97 Å². The van der Waals surface area contributed by atoms with Crippen LogP contribution in [0.4, 0.5) is 5.69 Å². The second-order valence-electron chi connectivity index (χ2n) is 8.36. The summed E-state index contributed by atoms with van der Waals surface area (Å²) in [5.74, 6) is -0.227. The van der Waals surface area contributed by atoms with Crippen molar-refractivity contribution in [1.29, 1.82) is 0 Å². The van der Waals surface area contributed by atoms with Crippen LogP contribution in [0.25, 0.3) is 0 Å². The highest BCUT2D eigenvalue weighted by molar-refractivity contribution is 7.92. The summed E-state index contributed by atoms with van der Waals surface area (Å²) in [5.41, 5.74) is 3.09. The maximum atomic E-state index is 13.6. The highest BCUT2D eigenvalue weighted by atomic mass is 32.2. The SMILES string of the molecule is CCOC(=O)c1ccccc1NS(=O)(=O)c1c(C(C)C)cc(C(C)C)cc1C(C)C. The molecule has 0 aromatic heterocycles. The highest BCUT2D eigenvalue weighted by Gasteiger charge is 2.28. The molecule has 6 heteroatoms. The van der Waals surface area contributed by atoms with E-state index in [9.17, 15) is 13.2 Å². The molecule has 0 radical (unpaired) electrons. The molecule has 0 heterocycles.